The van der Waals surface area contributed by atoms with Gasteiger partial charge in [0.15, 0.2) is 0 Å². The molecule has 2 aliphatic heterocycles. The molecule has 2 unspecified atom stereocenters. The van der Waals surface area contributed by atoms with Gasteiger partial charge in [-0.25, -0.2) is 4.79 Å². The summed E-state index contributed by atoms with van der Waals surface area (Å²) in [5.41, 5.74) is -0.0128. The lowest BCUT2D eigenvalue weighted by Gasteiger charge is -2.55. The molecule has 0 N–H and O–H groups in total. The third-order valence-electron chi connectivity index (χ3n) is 9.34. The molecule has 2 aromatic rings. The van der Waals surface area contributed by atoms with Gasteiger partial charge in [0, 0.05) is 16.9 Å². The number of hydrogen-bond acceptors (Lipinski definition) is 8. The molecule has 0 aromatic heterocycles. The Hall–Kier alpha value is -4.47. The van der Waals surface area contributed by atoms with Gasteiger partial charge >= 0.3 is 5.97 Å². The highest BCUT2D eigenvalue weighted by Crippen LogP contribution is 2.68. The molecule has 2 aromatic carbocycles. The predicted octanol–water partition coefficient (Wildman–Crippen LogP) is 3.14. The van der Waals surface area contributed by atoms with Gasteiger partial charge in [-0.2, -0.15) is 0 Å². The first kappa shape index (κ1) is 26.7. The van der Waals surface area contributed by atoms with Gasteiger partial charge in [0.05, 0.1) is 55.9 Å². The molecule has 5 aliphatic rings. The van der Waals surface area contributed by atoms with E-state index in [-0.39, 0.29) is 12.2 Å². The number of esters is 1. The number of nitrogens with zero attached hydrogens (tertiary/aromatic N) is 2. The Morgan fingerprint density at radius 1 is 0.732 bits per heavy atom. The van der Waals surface area contributed by atoms with Crippen LogP contribution in [-0.2, 0) is 28.7 Å². The molecule has 0 radical (unpaired) electrons. The minimum absolute atomic E-state index is 0.0915. The topological polar surface area (TPSA) is 120 Å². The van der Waals surface area contributed by atoms with Gasteiger partial charge < -0.3 is 14.2 Å². The summed E-state index contributed by atoms with van der Waals surface area (Å²) in [5, 5.41) is 0. The normalized spacial score (nSPS) is 30.1. The number of imide groups is 2. The summed E-state index contributed by atoms with van der Waals surface area (Å²) in [6.45, 7) is 5.14. The van der Waals surface area contributed by atoms with Gasteiger partial charge in [-0.3, -0.25) is 29.0 Å². The van der Waals surface area contributed by atoms with Gasteiger partial charge in [0.1, 0.15) is 11.5 Å². The summed E-state index contributed by atoms with van der Waals surface area (Å²) >= 11 is 0. The van der Waals surface area contributed by atoms with Crippen molar-refractivity contribution in [1.82, 2.24) is 0 Å². The third kappa shape index (κ3) is 3.39. The Bertz CT molecular complexity index is 1430. The van der Waals surface area contributed by atoms with E-state index in [9.17, 15) is 24.0 Å². The number of amides is 4. The molecule has 3 fully saturated rings. The Morgan fingerprint density at radius 2 is 1.15 bits per heavy atom. The average Bonchev–Trinajstić information content (AvgIpc) is 3.39. The second kappa shape index (κ2) is 9.29. The molecular formula is C31H30N2O8. The largest absolute Gasteiger partial charge is 0.497 e. The minimum Gasteiger partial charge on any atom is -0.497 e. The van der Waals surface area contributed by atoms with E-state index in [2.05, 4.69) is 0 Å². The van der Waals surface area contributed by atoms with Crippen molar-refractivity contribution in [2.24, 2.45) is 35.0 Å². The molecule has 1 saturated carbocycles. The molecule has 2 heterocycles. The van der Waals surface area contributed by atoms with Crippen LogP contribution in [0.25, 0.3) is 0 Å². The highest BCUT2D eigenvalue weighted by Gasteiger charge is 2.77. The van der Waals surface area contributed by atoms with Crippen molar-refractivity contribution in [1.29, 1.82) is 0 Å². The van der Waals surface area contributed by atoms with Crippen LogP contribution in [0.15, 0.2) is 59.7 Å². The standard InChI is InChI=1S/C31H30N2O8/c1-6-41-30(38)23-15(2)20-21-24(28(36)32(26(21)34)16-7-11-18(39-4)12-8-16)31(23,3)25-22(20)27(35)33(29(25)37)17-9-13-19(40-5)14-10-17/h7-14,20-22,24-25H,6H2,1-5H3/t20?,21-,22+,24-,25+,31?. The second-order valence-corrected chi connectivity index (χ2v) is 11.0. The third-order valence-corrected chi connectivity index (χ3v) is 9.34. The fraction of sp³-hybridized carbons (Fsp3) is 0.387. The van der Waals surface area contributed by atoms with Gasteiger partial charge in [-0.15, -0.1) is 0 Å². The van der Waals surface area contributed by atoms with E-state index in [1.54, 1.807) is 69.3 Å². The fourth-order valence-corrected chi connectivity index (χ4v) is 7.78. The number of benzene rings is 2. The molecule has 0 spiro atoms. The van der Waals surface area contributed by atoms with Gasteiger partial charge in [-0.1, -0.05) is 12.5 Å². The van der Waals surface area contributed by atoms with E-state index < -0.39 is 64.6 Å². The van der Waals surface area contributed by atoms with E-state index in [4.69, 9.17) is 14.2 Å². The summed E-state index contributed by atoms with van der Waals surface area (Å²) < 4.78 is 15.9. The highest BCUT2D eigenvalue weighted by atomic mass is 16.5. The lowest BCUT2D eigenvalue weighted by atomic mass is 9.43. The SMILES string of the molecule is CCOC(=O)C1=C(C)C2[C@H]3C(=O)N(c4ccc(OC)cc4)C(=O)[C@@H]3C1(C)[C@@H]1C(=O)N(c3ccc(OC)cc3)C(=O)[C@@H]21. The summed E-state index contributed by atoms with van der Waals surface area (Å²) in [4.78, 5) is 72.3. The first-order chi connectivity index (χ1) is 19.6. The van der Waals surface area contributed by atoms with Crippen molar-refractivity contribution in [3.63, 3.8) is 0 Å². The zero-order valence-corrected chi connectivity index (χ0v) is 23.4. The van der Waals surface area contributed by atoms with Crippen LogP contribution in [0.1, 0.15) is 20.8 Å². The maximum absolute atomic E-state index is 14.2. The Morgan fingerprint density at radius 3 is 1.51 bits per heavy atom. The number of hydrogen-bond donors (Lipinski definition) is 0. The van der Waals surface area contributed by atoms with Crippen molar-refractivity contribution in [2.75, 3.05) is 30.6 Å². The number of carbonyl (C=O) groups is 5. The van der Waals surface area contributed by atoms with Crippen LogP contribution in [-0.4, -0.2) is 50.4 Å². The van der Waals surface area contributed by atoms with Crippen LogP contribution in [0, 0.1) is 35.0 Å². The summed E-state index contributed by atoms with van der Waals surface area (Å²) in [6.07, 6.45) is 0. The molecule has 3 aliphatic carbocycles. The number of methoxy groups -OCH3 is 2. The van der Waals surface area contributed by atoms with Crippen molar-refractivity contribution < 1.29 is 38.2 Å². The fourth-order valence-electron chi connectivity index (χ4n) is 7.78. The number of carbonyl (C=O) groups excluding carboxylic acids is 5. The van der Waals surface area contributed by atoms with Crippen LogP contribution in [0.3, 0.4) is 0 Å². The molecular weight excluding hydrogens is 528 g/mol. The van der Waals surface area contributed by atoms with Crippen LogP contribution in [0.2, 0.25) is 0 Å². The Labute approximate surface area is 236 Å². The number of ether oxygens (including phenoxy) is 3. The first-order valence-corrected chi connectivity index (χ1v) is 13.5. The minimum atomic E-state index is -1.46. The molecule has 212 valence electrons. The van der Waals surface area contributed by atoms with Crippen molar-refractivity contribution in [2.45, 2.75) is 20.8 Å². The molecule has 7 rings (SSSR count). The Kier molecular flexibility index (Phi) is 6.06. The van der Waals surface area contributed by atoms with E-state index in [0.717, 1.165) is 9.80 Å². The smallest absolute Gasteiger partial charge is 0.334 e. The summed E-state index contributed by atoms with van der Waals surface area (Å²) in [7, 11) is 3.03. The van der Waals surface area contributed by atoms with Crippen molar-refractivity contribution >= 4 is 41.0 Å². The van der Waals surface area contributed by atoms with E-state index >= 15 is 0 Å². The molecule has 4 amide bonds. The lowest BCUT2D eigenvalue weighted by molar-refractivity contribution is -0.155. The highest BCUT2D eigenvalue weighted by molar-refractivity contribution is 6.27. The Balaban J connectivity index is 1.51. The number of rotatable bonds is 6. The predicted molar refractivity (Wildman–Crippen MR) is 146 cm³/mol. The monoisotopic (exact) mass is 558 g/mol. The average molecular weight is 559 g/mol. The van der Waals surface area contributed by atoms with E-state index in [1.165, 1.54) is 14.2 Å². The molecule has 10 heteroatoms. The van der Waals surface area contributed by atoms with Crippen LogP contribution in [0.5, 0.6) is 11.5 Å². The van der Waals surface area contributed by atoms with Crippen molar-refractivity contribution in [3.8, 4) is 11.5 Å². The van der Waals surface area contributed by atoms with Gasteiger partial charge in [0.2, 0.25) is 23.6 Å². The van der Waals surface area contributed by atoms with E-state index in [1.807, 2.05) is 0 Å². The lowest BCUT2D eigenvalue weighted by Crippen LogP contribution is -2.61. The maximum atomic E-state index is 14.2. The van der Waals surface area contributed by atoms with Crippen LogP contribution < -0.4 is 19.3 Å². The zero-order valence-electron chi connectivity index (χ0n) is 23.4. The second-order valence-electron chi connectivity index (χ2n) is 11.0. The van der Waals surface area contributed by atoms with Crippen LogP contribution in [0.4, 0.5) is 11.4 Å². The number of anilines is 2. The summed E-state index contributed by atoms with van der Waals surface area (Å²) in [5.74, 6) is -6.15. The quantitative estimate of drug-likeness (QED) is 0.392. The van der Waals surface area contributed by atoms with Gasteiger partial charge in [0.25, 0.3) is 0 Å². The zero-order chi connectivity index (χ0) is 29.4. The van der Waals surface area contributed by atoms with Crippen LogP contribution >= 0.6 is 0 Å². The number of allylic oxidation sites excluding steroid dienone is 1. The molecule has 10 nitrogen and oxygen atoms in total. The summed E-state index contributed by atoms with van der Waals surface area (Å²) in [6, 6.07) is 13.1. The molecule has 41 heavy (non-hydrogen) atoms. The molecule has 2 saturated heterocycles. The maximum Gasteiger partial charge on any atom is 0.334 e. The van der Waals surface area contributed by atoms with Crippen molar-refractivity contribution in [3.05, 3.63) is 59.7 Å². The molecule has 6 atom stereocenters. The first-order valence-electron chi connectivity index (χ1n) is 13.5. The van der Waals surface area contributed by atoms with E-state index in [0.29, 0.717) is 28.4 Å². The molecule has 2 bridgehead atoms. The van der Waals surface area contributed by atoms with Gasteiger partial charge in [-0.05, 0) is 62.4 Å².